The molecule has 112 valence electrons. The summed E-state index contributed by atoms with van der Waals surface area (Å²) in [5.74, 6) is 1.45. The first kappa shape index (κ1) is 15.8. The number of halogens is 1. The lowest BCUT2D eigenvalue weighted by Crippen LogP contribution is -2.35. The molecule has 1 aromatic rings. The van der Waals surface area contributed by atoms with Crippen LogP contribution in [0.2, 0.25) is 0 Å². The maximum atomic E-state index is 5.97. The van der Waals surface area contributed by atoms with Crippen LogP contribution < -0.4 is 10.1 Å². The first-order valence-electron chi connectivity index (χ1n) is 7.35. The molecule has 1 aliphatic heterocycles. The van der Waals surface area contributed by atoms with Gasteiger partial charge in [-0.3, -0.25) is 0 Å². The summed E-state index contributed by atoms with van der Waals surface area (Å²) in [5, 5.41) is 3.64. The Hall–Kier alpha value is -0.580. The molecule has 0 spiro atoms. The van der Waals surface area contributed by atoms with Crippen LogP contribution in [0.4, 0.5) is 0 Å². The van der Waals surface area contributed by atoms with Gasteiger partial charge in [0.05, 0.1) is 23.7 Å². The normalized spacial score (nSPS) is 23.8. The summed E-state index contributed by atoms with van der Waals surface area (Å²) in [4.78, 5) is 0. The van der Waals surface area contributed by atoms with Gasteiger partial charge in [0.2, 0.25) is 0 Å². The van der Waals surface area contributed by atoms with Gasteiger partial charge in [-0.05, 0) is 58.9 Å². The highest BCUT2D eigenvalue weighted by atomic mass is 79.9. The number of nitrogens with one attached hydrogen (secondary N) is 1. The van der Waals surface area contributed by atoms with Gasteiger partial charge in [-0.25, -0.2) is 0 Å². The Bertz CT molecular complexity index is 438. The van der Waals surface area contributed by atoms with Crippen LogP contribution in [0.15, 0.2) is 22.7 Å². The summed E-state index contributed by atoms with van der Waals surface area (Å²) >= 11 is 3.57. The fraction of sp³-hybridized carbons (Fsp3) is 0.625. The van der Waals surface area contributed by atoms with E-state index in [4.69, 9.17) is 9.47 Å². The van der Waals surface area contributed by atoms with Crippen molar-refractivity contribution >= 4 is 15.9 Å². The molecule has 1 N–H and O–H groups in total. The highest BCUT2D eigenvalue weighted by Crippen LogP contribution is 2.34. The molecule has 0 amide bonds. The molecule has 20 heavy (non-hydrogen) atoms. The van der Waals surface area contributed by atoms with E-state index in [1.165, 1.54) is 5.56 Å². The van der Waals surface area contributed by atoms with E-state index in [0.29, 0.717) is 5.92 Å². The minimum atomic E-state index is 0.245. The fourth-order valence-electron chi connectivity index (χ4n) is 2.74. The average Bonchev–Trinajstić information content (AvgIpc) is 2.86. The molecular weight excluding hydrogens is 318 g/mol. The fourth-order valence-corrected chi connectivity index (χ4v) is 3.30. The monoisotopic (exact) mass is 341 g/mol. The van der Waals surface area contributed by atoms with Crippen LogP contribution in [0.25, 0.3) is 0 Å². The summed E-state index contributed by atoms with van der Waals surface area (Å²) in [7, 11) is 1.69. The number of hydrogen-bond donors (Lipinski definition) is 1. The van der Waals surface area contributed by atoms with Crippen molar-refractivity contribution in [3.8, 4) is 5.75 Å². The summed E-state index contributed by atoms with van der Waals surface area (Å²) in [6.45, 7) is 6.33. The van der Waals surface area contributed by atoms with Gasteiger partial charge in [0, 0.05) is 6.61 Å². The standard InChI is InChI=1S/C16H24BrNO2/c1-4-8-18-15(16-11(2)7-9-20-16)12-5-6-14(19-3)13(17)10-12/h5-6,10-11,15-16,18H,4,7-9H2,1-3H3. The summed E-state index contributed by atoms with van der Waals surface area (Å²) < 4.78 is 12.3. The van der Waals surface area contributed by atoms with E-state index in [9.17, 15) is 0 Å². The van der Waals surface area contributed by atoms with Crippen molar-refractivity contribution in [1.29, 1.82) is 0 Å². The van der Waals surface area contributed by atoms with Crippen LogP contribution in [0.3, 0.4) is 0 Å². The molecule has 0 bridgehead atoms. The van der Waals surface area contributed by atoms with Gasteiger partial charge in [0.25, 0.3) is 0 Å². The SMILES string of the molecule is CCCNC(c1ccc(OC)c(Br)c1)C1OCCC1C. The number of ether oxygens (including phenoxy) is 2. The van der Waals surface area contributed by atoms with Crippen LogP contribution in [0.1, 0.15) is 38.3 Å². The predicted molar refractivity (Wildman–Crippen MR) is 85.2 cm³/mol. The van der Waals surface area contributed by atoms with E-state index < -0.39 is 0 Å². The molecule has 3 nitrogen and oxygen atoms in total. The minimum Gasteiger partial charge on any atom is -0.496 e. The zero-order valence-corrected chi connectivity index (χ0v) is 14.1. The van der Waals surface area contributed by atoms with E-state index in [1.807, 2.05) is 6.07 Å². The maximum Gasteiger partial charge on any atom is 0.133 e. The van der Waals surface area contributed by atoms with E-state index in [0.717, 1.165) is 36.2 Å². The smallest absolute Gasteiger partial charge is 0.133 e. The van der Waals surface area contributed by atoms with Crippen molar-refractivity contribution in [3.63, 3.8) is 0 Å². The molecule has 0 radical (unpaired) electrons. The van der Waals surface area contributed by atoms with E-state index in [1.54, 1.807) is 7.11 Å². The average molecular weight is 342 g/mol. The molecule has 3 unspecified atom stereocenters. The number of rotatable bonds is 6. The second-order valence-corrected chi connectivity index (χ2v) is 6.28. The van der Waals surface area contributed by atoms with Crippen LogP contribution in [0, 0.1) is 5.92 Å². The van der Waals surface area contributed by atoms with Crippen LogP contribution in [-0.2, 0) is 4.74 Å². The Kier molecular flexibility index (Phi) is 5.87. The predicted octanol–water partition coefficient (Wildman–Crippen LogP) is 3.92. The molecule has 3 atom stereocenters. The number of benzene rings is 1. The molecule has 0 aromatic heterocycles. The Morgan fingerprint density at radius 2 is 2.30 bits per heavy atom. The highest BCUT2D eigenvalue weighted by molar-refractivity contribution is 9.10. The largest absolute Gasteiger partial charge is 0.496 e. The molecule has 1 saturated heterocycles. The third-order valence-electron chi connectivity index (χ3n) is 3.92. The van der Waals surface area contributed by atoms with Crippen molar-refractivity contribution in [2.45, 2.75) is 38.8 Å². The molecule has 0 aliphatic carbocycles. The summed E-state index contributed by atoms with van der Waals surface area (Å²) in [5.41, 5.74) is 1.25. The molecule has 1 fully saturated rings. The van der Waals surface area contributed by atoms with E-state index in [-0.39, 0.29) is 12.1 Å². The Morgan fingerprint density at radius 3 is 2.85 bits per heavy atom. The van der Waals surface area contributed by atoms with Crippen molar-refractivity contribution < 1.29 is 9.47 Å². The molecule has 0 saturated carbocycles. The number of hydrogen-bond acceptors (Lipinski definition) is 3. The van der Waals surface area contributed by atoms with Gasteiger partial charge in [-0.1, -0.05) is 19.9 Å². The molecular formula is C16H24BrNO2. The number of methoxy groups -OCH3 is 1. The summed E-state index contributed by atoms with van der Waals surface area (Å²) in [6.07, 6.45) is 2.52. The Morgan fingerprint density at radius 1 is 1.50 bits per heavy atom. The van der Waals surface area contributed by atoms with Crippen molar-refractivity contribution in [1.82, 2.24) is 5.32 Å². The van der Waals surface area contributed by atoms with Gasteiger partial charge in [0.1, 0.15) is 5.75 Å². The lowest BCUT2D eigenvalue weighted by molar-refractivity contribution is 0.0607. The van der Waals surface area contributed by atoms with Gasteiger partial charge in [-0.2, -0.15) is 0 Å². The topological polar surface area (TPSA) is 30.5 Å². The zero-order valence-electron chi connectivity index (χ0n) is 12.5. The van der Waals surface area contributed by atoms with Crippen LogP contribution in [0.5, 0.6) is 5.75 Å². The molecule has 1 aliphatic rings. The minimum absolute atomic E-state index is 0.245. The summed E-state index contributed by atoms with van der Waals surface area (Å²) in [6, 6.07) is 6.53. The molecule has 4 heteroatoms. The second kappa shape index (κ2) is 7.43. The maximum absolute atomic E-state index is 5.97. The van der Waals surface area contributed by atoms with Crippen molar-refractivity contribution in [2.75, 3.05) is 20.3 Å². The van der Waals surface area contributed by atoms with E-state index in [2.05, 4.69) is 47.2 Å². The zero-order chi connectivity index (χ0) is 14.5. The first-order chi connectivity index (χ1) is 9.67. The molecule has 1 heterocycles. The van der Waals surface area contributed by atoms with Crippen LogP contribution in [-0.4, -0.2) is 26.4 Å². The van der Waals surface area contributed by atoms with Gasteiger partial charge in [0.15, 0.2) is 0 Å². The second-order valence-electron chi connectivity index (χ2n) is 5.43. The van der Waals surface area contributed by atoms with Gasteiger partial charge >= 0.3 is 0 Å². The third kappa shape index (κ3) is 3.54. The Balaban J connectivity index is 2.23. The van der Waals surface area contributed by atoms with Gasteiger partial charge in [-0.15, -0.1) is 0 Å². The van der Waals surface area contributed by atoms with Gasteiger partial charge < -0.3 is 14.8 Å². The Labute approximate surface area is 130 Å². The third-order valence-corrected chi connectivity index (χ3v) is 4.54. The van der Waals surface area contributed by atoms with Crippen molar-refractivity contribution in [3.05, 3.63) is 28.2 Å². The quantitative estimate of drug-likeness (QED) is 0.850. The van der Waals surface area contributed by atoms with Crippen molar-refractivity contribution in [2.24, 2.45) is 5.92 Å². The first-order valence-corrected chi connectivity index (χ1v) is 8.15. The van der Waals surface area contributed by atoms with E-state index >= 15 is 0 Å². The molecule has 1 aromatic carbocycles. The molecule has 2 rings (SSSR count). The lowest BCUT2D eigenvalue weighted by Gasteiger charge is -2.28. The highest BCUT2D eigenvalue weighted by Gasteiger charge is 2.32. The lowest BCUT2D eigenvalue weighted by atomic mass is 9.92. The van der Waals surface area contributed by atoms with Crippen LogP contribution >= 0.6 is 15.9 Å².